The molecule has 2 aliphatic rings. The molecule has 0 radical (unpaired) electrons. The Bertz CT molecular complexity index is 464. The van der Waals surface area contributed by atoms with Crippen molar-refractivity contribution in [1.82, 2.24) is 0 Å². The van der Waals surface area contributed by atoms with Crippen molar-refractivity contribution < 1.29 is 9.53 Å². The summed E-state index contributed by atoms with van der Waals surface area (Å²) in [6, 6.07) is 5.98. The molecule has 3 rings (SSSR count). The van der Waals surface area contributed by atoms with E-state index in [9.17, 15) is 4.79 Å². The minimum absolute atomic E-state index is 0.232. The van der Waals surface area contributed by atoms with Gasteiger partial charge in [-0.3, -0.25) is 4.79 Å². The smallest absolute Gasteiger partial charge is 0.176 e. The van der Waals surface area contributed by atoms with Crippen LogP contribution < -0.4 is 4.74 Å². The molecule has 1 fully saturated rings. The first-order valence-corrected chi connectivity index (χ1v) is 8.29. The fourth-order valence-electron chi connectivity index (χ4n) is 2.93. The van der Waals surface area contributed by atoms with E-state index in [1.54, 1.807) is 0 Å². The van der Waals surface area contributed by atoms with Crippen LogP contribution in [0.3, 0.4) is 0 Å². The monoisotopic (exact) mass is 276 g/mol. The summed E-state index contributed by atoms with van der Waals surface area (Å²) in [5, 5.41) is 0.699. The topological polar surface area (TPSA) is 26.3 Å². The maximum atomic E-state index is 12.4. The number of aryl methyl sites for hydroxylation is 1. The highest BCUT2D eigenvalue weighted by Gasteiger charge is 2.21. The van der Waals surface area contributed by atoms with Gasteiger partial charge >= 0.3 is 0 Å². The standard InChI is InChI=1S/C16H20O2S/c17-15(11-19-13-7-1-2-8-13)14-9-3-5-12-6-4-10-18-16(12)14/h3,5,9,13H,1-2,4,6-8,10-11H2. The number of hydrogen-bond acceptors (Lipinski definition) is 3. The summed E-state index contributed by atoms with van der Waals surface area (Å²) in [4.78, 5) is 12.4. The van der Waals surface area contributed by atoms with E-state index < -0.39 is 0 Å². The number of ketones is 1. The summed E-state index contributed by atoms with van der Waals surface area (Å²) in [7, 11) is 0. The van der Waals surface area contributed by atoms with Crippen molar-refractivity contribution in [3.63, 3.8) is 0 Å². The van der Waals surface area contributed by atoms with Gasteiger partial charge in [-0.2, -0.15) is 11.8 Å². The van der Waals surface area contributed by atoms with Crippen molar-refractivity contribution in [3.8, 4) is 5.75 Å². The third-order valence-electron chi connectivity index (χ3n) is 3.99. The van der Waals surface area contributed by atoms with Crippen molar-refractivity contribution in [3.05, 3.63) is 29.3 Å². The Morgan fingerprint density at radius 3 is 2.95 bits per heavy atom. The van der Waals surface area contributed by atoms with Crippen LogP contribution in [-0.4, -0.2) is 23.4 Å². The van der Waals surface area contributed by atoms with Crippen molar-refractivity contribution in [1.29, 1.82) is 0 Å². The Labute approximate surface area is 118 Å². The highest BCUT2D eigenvalue weighted by Crippen LogP contribution is 2.32. The van der Waals surface area contributed by atoms with E-state index in [0.29, 0.717) is 11.0 Å². The Kier molecular flexibility index (Phi) is 4.12. The normalized spacial score (nSPS) is 18.9. The van der Waals surface area contributed by atoms with Gasteiger partial charge in [0.1, 0.15) is 5.75 Å². The number of hydrogen-bond donors (Lipinski definition) is 0. The molecule has 1 saturated carbocycles. The molecule has 0 amide bonds. The van der Waals surface area contributed by atoms with Gasteiger partial charge in [0.15, 0.2) is 5.78 Å². The van der Waals surface area contributed by atoms with Crippen molar-refractivity contribution >= 4 is 17.5 Å². The lowest BCUT2D eigenvalue weighted by Gasteiger charge is -2.20. The summed E-state index contributed by atoms with van der Waals surface area (Å²) in [5.41, 5.74) is 1.99. The molecule has 1 aromatic carbocycles. The first-order valence-electron chi connectivity index (χ1n) is 7.24. The molecular weight excluding hydrogens is 256 g/mol. The maximum Gasteiger partial charge on any atom is 0.176 e. The average Bonchev–Trinajstić information content (AvgIpc) is 2.97. The summed E-state index contributed by atoms with van der Waals surface area (Å²) >= 11 is 1.83. The van der Waals surface area contributed by atoms with Gasteiger partial charge in [-0.25, -0.2) is 0 Å². The van der Waals surface area contributed by atoms with Crippen LogP contribution in [0.15, 0.2) is 18.2 Å². The van der Waals surface area contributed by atoms with Crippen molar-refractivity contribution in [2.45, 2.75) is 43.8 Å². The number of benzene rings is 1. The molecule has 0 unspecified atom stereocenters. The number of fused-ring (bicyclic) bond motifs is 1. The van der Waals surface area contributed by atoms with E-state index in [1.165, 1.54) is 31.2 Å². The van der Waals surface area contributed by atoms with Crippen LogP contribution in [0.5, 0.6) is 5.75 Å². The van der Waals surface area contributed by atoms with Crippen LogP contribution in [0, 0.1) is 0 Å². The molecule has 0 saturated heterocycles. The molecule has 0 bridgehead atoms. The zero-order valence-corrected chi connectivity index (χ0v) is 12.0. The van der Waals surface area contributed by atoms with E-state index in [0.717, 1.165) is 30.8 Å². The van der Waals surface area contributed by atoms with Gasteiger partial charge in [-0.05, 0) is 37.3 Å². The van der Waals surface area contributed by atoms with Gasteiger partial charge in [0.05, 0.1) is 17.9 Å². The van der Waals surface area contributed by atoms with E-state index in [1.807, 2.05) is 23.9 Å². The quantitative estimate of drug-likeness (QED) is 0.781. The molecule has 1 aliphatic heterocycles. The highest BCUT2D eigenvalue weighted by molar-refractivity contribution is 8.00. The lowest BCUT2D eigenvalue weighted by Crippen LogP contribution is -2.14. The number of thioether (sulfide) groups is 1. The van der Waals surface area contributed by atoms with Crippen LogP contribution in [-0.2, 0) is 6.42 Å². The number of ether oxygens (including phenoxy) is 1. The number of Topliss-reactive ketones (excluding diaryl/α,β-unsaturated/α-hetero) is 1. The number of para-hydroxylation sites is 1. The zero-order chi connectivity index (χ0) is 13.1. The number of rotatable bonds is 4. The molecule has 0 N–H and O–H groups in total. The summed E-state index contributed by atoms with van der Waals surface area (Å²) in [6.07, 6.45) is 7.31. The maximum absolute atomic E-state index is 12.4. The molecule has 1 heterocycles. The largest absolute Gasteiger partial charge is 0.493 e. The van der Waals surface area contributed by atoms with Gasteiger partial charge in [-0.15, -0.1) is 0 Å². The van der Waals surface area contributed by atoms with Crippen LogP contribution in [0.2, 0.25) is 0 Å². The first-order chi connectivity index (χ1) is 9.34. The van der Waals surface area contributed by atoms with E-state index in [4.69, 9.17) is 4.74 Å². The molecule has 1 aliphatic carbocycles. The van der Waals surface area contributed by atoms with Crippen LogP contribution in [0.25, 0.3) is 0 Å². The fraction of sp³-hybridized carbons (Fsp3) is 0.562. The van der Waals surface area contributed by atoms with E-state index in [-0.39, 0.29) is 5.78 Å². The minimum atomic E-state index is 0.232. The summed E-state index contributed by atoms with van der Waals surface area (Å²) in [6.45, 7) is 0.743. The third-order valence-corrected chi connectivity index (χ3v) is 5.36. The second-order valence-electron chi connectivity index (χ2n) is 5.39. The molecule has 2 nitrogen and oxygen atoms in total. The van der Waals surface area contributed by atoms with Crippen molar-refractivity contribution in [2.24, 2.45) is 0 Å². The molecule has 0 atom stereocenters. The van der Waals surface area contributed by atoms with E-state index in [2.05, 4.69) is 6.07 Å². The minimum Gasteiger partial charge on any atom is -0.493 e. The summed E-state index contributed by atoms with van der Waals surface area (Å²) in [5.74, 6) is 1.69. The van der Waals surface area contributed by atoms with Gasteiger partial charge in [0.2, 0.25) is 0 Å². The number of carbonyl (C=O) groups excluding carboxylic acids is 1. The third kappa shape index (κ3) is 2.97. The predicted molar refractivity (Wildman–Crippen MR) is 79.3 cm³/mol. The van der Waals surface area contributed by atoms with Crippen LogP contribution in [0.4, 0.5) is 0 Å². The van der Waals surface area contributed by atoms with E-state index >= 15 is 0 Å². The number of carbonyl (C=O) groups is 1. The molecule has 19 heavy (non-hydrogen) atoms. The first kappa shape index (κ1) is 13.0. The fourth-order valence-corrected chi connectivity index (χ4v) is 4.14. The average molecular weight is 276 g/mol. The second-order valence-corrected chi connectivity index (χ2v) is 6.68. The van der Waals surface area contributed by atoms with Crippen molar-refractivity contribution in [2.75, 3.05) is 12.4 Å². The lowest BCUT2D eigenvalue weighted by molar-refractivity contribution is 0.101. The molecule has 3 heteroatoms. The van der Waals surface area contributed by atoms with Crippen LogP contribution >= 0.6 is 11.8 Å². The molecule has 1 aromatic rings. The van der Waals surface area contributed by atoms with Gasteiger partial charge < -0.3 is 4.74 Å². The van der Waals surface area contributed by atoms with Gasteiger partial charge in [0.25, 0.3) is 0 Å². The summed E-state index contributed by atoms with van der Waals surface area (Å²) < 4.78 is 5.72. The Morgan fingerprint density at radius 2 is 2.11 bits per heavy atom. The molecule has 102 valence electrons. The predicted octanol–water partition coefficient (Wildman–Crippen LogP) is 3.87. The van der Waals surface area contributed by atoms with Crippen LogP contribution in [0.1, 0.15) is 48.0 Å². The molecule has 0 aromatic heterocycles. The Morgan fingerprint density at radius 1 is 1.26 bits per heavy atom. The SMILES string of the molecule is O=C(CSC1CCCC1)c1cccc2c1OCCC2. The Balaban J connectivity index is 1.68. The molecule has 0 spiro atoms. The zero-order valence-electron chi connectivity index (χ0n) is 11.2. The van der Waals surface area contributed by atoms with Gasteiger partial charge in [-0.1, -0.05) is 25.0 Å². The van der Waals surface area contributed by atoms with Gasteiger partial charge in [0, 0.05) is 5.25 Å². The second kappa shape index (κ2) is 6.00. The molecular formula is C16H20O2S. The lowest BCUT2D eigenvalue weighted by atomic mass is 10.0. The highest BCUT2D eigenvalue weighted by atomic mass is 32.2. The Hall–Kier alpha value is -0.960.